The van der Waals surface area contributed by atoms with Crippen molar-refractivity contribution in [3.63, 3.8) is 0 Å². The molecule has 6 nitrogen and oxygen atoms in total. The Hall–Kier alpha value is -0.120. The number of hydrogen-bond donors (Lipinski definition) is 1. The van der Waals surface area contributed by atoms with Crippen LogP contribution >= 0.6 is 24.0 Å². The molecule has 1 N–H and O–H groups in total. The van der Waals surface area contributed by atoms with Crippen LogP contribution in [0.25, 0.3) is 0 Å². The Kier molecular flexibility index (Phi) is 9.54. The third-order valence-corrected chi connectivity index (χ3v) is 3.66. The molecule has 2 unspecified atom stereocenters. The summed E-state index contributed by atoms with van der Waals surface area (Å²) in [5.74, 6) is 0.954. The van der Waals surface area contributed by atoms with Crippen molar-refractivity contribution in [3.05, 3.63) is 0 Å². The van der Waals surface area contributed by atoms with Gasteiger partial charge in [-0.1, -0.05) is 0 Å². The topological polar surface area (TPSA) is 55.3 Å². The van der Waals surface area contributed by atoms with Crippen LogP contribution in [-0.2, 0) is 14.2 Å². The molecule has 2 aliphatic heterocycles. The number of nitrogens with zero attached hydrogens (tertiary/aromatic N) is 2. The molecule has 0 bridgehead atoms. The van der Waals surface area contributed by atoms with Crippen LogP contribution in [0.15, 0.2) is 4.99 Å². The molecule has 2 fully saturated rings. The molecule has 0 aliphatic carbocycles. The second kappa shape index (κ2) is 10.6. The van der Waals surface area contributed by atoms with Crippen molar-refractivity contribution in [3.8, 4) is 0 Å². The molecule has 21 heavy (non-hydrogen) atoms. The maximum atomic E-state index is 5.87. The second-order valence-electron chi connectivity index (χ2n) is 5.14. The molecule has 7 heteroatoms. The smallest absolute Gasteiger partial charge is 0.194 e. The summed E-state index contributed by atoms with van der Waals surface area (Å²) in [6.07, 6.45) is 2.67. The third kappa shape index (κ3) is 5.88. The predicted molar refractivity (Wildman–Crippen MR) is 93.6 cm³/mol. The highest BCUT2D eigenvalue weighted by atomic mass is 127. The first-order valence-corrected chi connectivity index (χ1v) is 7.60. The van der Waals surface area contributed by atoms with Gasteiger partial charge in [-0.25, -0.2) is 0 Å². The Labute approximate surface area is 144 Å². The molecule has 2 heterocycles. The fourth-order valence-corrected chi connectivity index (χ4v) is 2.66. The largest absolute Gasteiger partial charge is 0.383 e. The van der Waals surface area contributed by atoms with E-state index in [4.69, 9.17) is 14.2 Å². The maximum Gasteiger partial charge on any atom is 0.194 e. The molecule has 0 amide bonds. The molecular weight excluding hydrogens is 385 g/mol. The summed E-state index contributed by atoms with van der Waals surface area (Å²) in [6, 6.07) is 0. The van der Waals surface area contributed by atoms with Gasteiger partial charge >= 0.3 is 0 Å². The first kappa shape index (κ1) is 18.9. The van der Waals surface area contributed by atoms with Crippen LogP contribution in [0, 0.1) is 0 Å². The van der Waals surface area contributed by atoms with Gasteiger partial charge in [0, 0.05) is 33.4 Å². The summed E-state index contributed by atoms with van der Waals surface area (Å²) in [5.41, 5.74) is 0. The molecule has 2 rings (SSSR count). The first-order valence-electron chi connectivity index (χ1n) is 7.60. The zero-order valence-corrected chi connectivity index (χ0v) is 15.4. The normalized spacial score (nSPS) is 26.6. The summed E-state index contributed by atoms with van der Waals surface area (Å²) in [7, 11) is 1.70. The Morgan fingerprint density at radius 3 is 2.81 bits per heavy atom. The van der Waals surface area contributed by atoms with Crippen LogP contribution in [0.2, 0.25) is 0 Å². The highest BCUT2D eigenvalue weighted by molar-refractivity contribution is 14.0. The molecule has 2 atom stereocenters. The average Bonchev–Trinajstić information content (AvgIpc) is 3.01. The van der Waals surface area contributed by atoms with Gasteiger partial charge < -0.3 is 24.4 Å². The number of methoxy groups -OCH3 is 1. The lowest BCUT2D eigenvalue weighted by Crippen LogP contribution is -2.53. The number of hydrogen-bond acceptors (Lipinski definition) is 4. The summed E-state index contributed by atoms with van der Waals surface area (Å²) >= 11 is 0. The van der Waals surface area contributed by atoms with E-state index in [1.165, 1.54) is 0 Å². The molecule has 2 aliphatic rings. The van der Waals surface area contributed by atoms with E-state index in [2.05, 4.69) is 22.1 Å². The third-order valence-electron chi connectivity index (χ3n) is 3.66. The lowest BCUT2D eigenvalue weighted by Gasteiger charge is -2.37. The van der Waals surface area contributed by atoms with Gasteiger partial charge in [0.15, 0.2) is 5.96 Å². The molecule has 2 saturated heterocycles. The van der Waals surface area contributed by atoms with Crippen molar-refractivity contribution in [2.45, 2.75) is 32.0 Å². The van der Waals surface area contributed by atoms with Gasteiger partial charge in [0.25, 0.3) is 0 Å². The molecule has 0 spiro atoms. The molecular formula is C14H28IN3O3. The van der Waals surface area contributed by atoms with E-state index in [0.29, 0.717) is 13.2 Å². The number of rotatable bonds is 5. The Bertz CT molecular complexity index is 312. The molecule has 0 aromatic heterocycles. The summed E-state index contributed by atoms with van der Waals surface area (Å²) < 4.78 is 16.7. The molecule has 0 aromatic carbocycles. The van der Waals surface area contributed by atoms with E-state index >= 15 is 0 Å². The van der Waals surface area contributed by atoms with Crippen molar-refractivity contribution >= 4 is 29.9 Å². The number of aliphatic imine (C=N–C) groups is 1. The molecule has 124 valence electrons. The van der Waals surface area contributed by atoms with Gasteiger partial charge in [0.1, 0.15) is 6.10 Å². The van der Waals surface area contributed by atoms with Gasteiger partial charge in [-0.15, -0.1) is 24.0 Å². The quantitative estimate of drug-likeness (QED) is 0.317. The number of morpholine rings is 1. The van der Waals surface area contributed by atoms with Gasteiger partial charge in [-0.3, -0.25) is 4.99 Å². The minimum Gasteiger partial charge on any atom is -0.383 e. The maximum absolute atomic E-state index is 5.87. The summed E-state index contributed by atoms with van der Waals surface area (Å²) in [6.45, 7) is 7.62. The minimum atomic E-state index is 0. The Morgan fingerprint density at radius 1 is 1.33 bits per heavy atom. The highest BCUT2D eigenvalue weighted by Crippen LogP contribution is 2.20. The zero-order chi connectivity index (χ0) is 14.2. The van der Waals surface area contributed by atoms with Crippen LogP contribution in [0.1, 0.15) is 19.8 Å². The van der Waals surface area contributed by atoms with Crippen molar-refractivity contribution in [2.75, 3.05) is 53.1 Å². The predicted octanol–water partition coefficient (Wildman–Crippen LogP) is 1.10. The SMILES string of the molecule is CCNC(=NCCOC)N1CCOC(C2CCCO2)C1.I. The lowest BCUT2D eigenvalue weighted by molar-refractivity contribution is -0.0817. The number of guanidine groups is 1. The van der Waals surface area contributed by atoms with E-state index in [1.807, 2.05) is 0 Å². The molecule has 0 radical (unpaired) electrons. The Morgan fingerprint density at radius 2 is 2.14 bits per heavy atom. The summed E-state index contributed by atoms with van der Waals surface area (Å²) in [4.78, 5) is 6.87. The van der Waals surface area contributed by atoms with Crippen LogP contribution in [0.4, 0.5) is 0 Å². The van der Waals surface area contributed by atoms with Crippen LogP contribution < -0.4 is 5.32 Å². The molecule has 0 aromatic rings. The fraction of sp³-hybridized carbons (Fsp3) is 0.929. The van der Waals surface area contributed by atoms with Gasteiger partial charge in [-0.05, 0) is 19.8 Å². The van der Waals surface area contributed by atoms with Gasteiger partial charge in [0.2, 0.25) is 0 Å². The van der Waals surface area contributed by atoms with E-state index in [1.54, 1.807) is 7.11 Å². The van der Waals surface area contributed by atoms with Crippen molar-refractivity contribution < 1.29 is 14.2 Å². The van der Waals surface area contributed by atoms with E-state index in [-0.39, 0.29) is 36.2 Å². The van der Waals surface area contributed by atoms with Crippen molar-refractivity contribution in [1.29, 1.82) is 0 Å². The number of ether oxygens (including phenoxy) is 3. The van der Waals surface area contributed by atoms with Crippen LogP contribution in [0.5, 0.6) is 0 Å². The standard InChI is InChI=1S/C14H27N3O3.HI/c1-3-15-14(16-6-9-18-2)17-7-10-20-13(11-17)12-5-4-8-19-12;/h12-13H,3-11H2,1-2H3,(H,15,16);1H. The van der Waals surface area contributed by atoms with Crippen molar-refractivity contribution in [2.24, 2.45) is 4.99 Å². The summed E-state index contributed by atoms with van der Waals surface area (Å²) in [5, 5.41) is 3.35. The second-order valence-corrected chi connectivity index (χ2v) is 5.14. The van der Waals surface area contributed by atoms with E-state index < -0.39 is 0 Å². The first-order chi connectivity index (χ1) is 9.85. The molecule has 0 saturated carbocycles. The zero-order valence-electron chi connectivity index (χ0n) is 13.0. The van der Waals surface area contributed by atoms with Crippen molar-refractivity contribution in [1.82, 2.24) is 10.2 Å². The van der Waals surface area contributed by atoms with Crippen LogP contribution in [0.3, 0.4) is 0 Å². The minimum absolute atomic E-state index is 0. The highest BCUT2D eigenvalue weighted by Gasteiger charge is 2.32. The number of halogens is 1. The van der Waals surface area contributed by atoms with Gasteiger partial charge in [-0.2, -0.15) is 0 Å². The average molecular weight is 413 g/mol. The lowest BCUT2D eigenvalue weighted by atomic mass is 10.1. The van der Waals surface area contributed by atoms with Gasteiger partial charge in [0.05, 0.1) is 25.9 Å². The Balaban J connectivity index is 0.00000220. The fourth-order valence-electron chi connectivity index (χ4n) is 2.66. The van der Waals surface area contributed by atoms with E-state index in [9.17, 15) is 0 Å². The van der Waals surface area contributed by atoms with Crippen LogP contribution in [-0.4, -0.2) is 76.2 Å². The number of nitrogens with one attached hydrogen (secondary N) is 1. The monoisotopic (exact) mass is 413 g/mol. The van der Waals surface area contributed by atoms with E-state index in [0.717, 1.165) is 51.6 Å².